The monoisotopic (exact) mass is 367 g/mol. The van der Waals surface area contributed by atoms with Gasteiger partial charge in [0.2, 0.25) is 0 Å². The second kappa shape index (κ2) is 11.0. The summed E-state index contributed by atoms with van der Waals surface area (Å²) in [4.78, 5) is 20.7. The first-order valence-corrected chi connectivity index (χ1v) is 9.36. The van der Waals surface area contributed by atoms with Crippen LogP contribution < -0.4 is 16.0 Å². The number of amides is 1. The molecule has 0 saturated carbocycles. The van der Waals surface area contributed by atoms with Gasteiger partial charge in [0.05, 0.1) is 0 Å². The Kier molecular flexibility index (Phi) is 8.29. The van der Waals surface area contributed by atoms with E-state index < -0.39 is 0 Å². The summed E-state index contributed by atoms with van der Waals surface area (Å²) >= 11 is 0. The molecule has 2 aromatic rings. The van der Waals surface area contributed by atoms with Gasteiger partial charge in [0.1, 0.15) is 0 Å². The van der Waals surface area contributed by atoms with Gasteiger partial charge in [0.25, 0.3) is 5.91 Å². The largest absolute Gasteiger partial charge is 0.356 e. The zero-order valence-electron chi connectivity index (χ0n) is 16.3. The Labute approximate surface area is 161 Å². The van der Waals surface area contributed by atoms with Crippen molar-refractivity contribution in [2.24, 2.45) is 4.99 Å². The number of carbonyl (C=O) groups excluding carboxylic acids is 1. The molecule has 0 fully saturated rings. The third-order valence-electron chi connectivity index (χ3n) is 4.29. The lowest BCUT2D eigenvalue weighted by molar-refractivity contribution is 0.0939. The fourth-order valence-corrected chi connectivity index (χ4v) is 2.44. The zero-order valence-corrected chi connectivity index (χ0v) is 16.3. The molecule has 27 heavy (non-hydrogen) atoms. The number of benzene rings is 1. The molecule has 1 aromatic heterocycles. The van der Waals surface area contributed by atoms with Crippen molar-refractivity contribution in [3.63, 3.8) is 0 Å². The fraction of sp³-hybridized carbons (Fsp3) is 0.381. The quantitative estimate of drug-likeness (QED) is 0.495. The van der Waals surface area contributed by atoms with Crippen LogP contribution in [0, 0.1) is 0 Å². The molecule has 3 N–H and O–H groups in total. The Morgan fingerprint density at radius 1 is 1.15 bits per heavy atom. The van der Waals surface area contributed by atoms with Crippen molar-refractivity contribution in [1.29, 1.82) is 0 Å². The number of nitrogens with one attached hydrogen (secondary N) is 3. The van der Waals surface area contributed by atoms with Crippen LogP contribution in [0.2, 0.25) is 0 Å². The molecule has 1 unspecified atom stereocenters. The van der Waals surface area contributed by atoms with Crippen molar-refractivity contribution in [2.75, 3.05) is 13.6 Å². The second-order valence-corrected chi connectivity index (χ2v) is 6.40. The predicted octanol–water partition coefficient (Wildman–Crippen LogP) is 2.52. The van der Waals surface area contributed by atoms with Gasteiger partial charge in [-0.2, -0.15) is 0 Å². The highest BCUT2D eigenvalue weighted by Crippen LogP contribution is 2.05. The summed E-state index contributed by atoms with van der Waals surface area (Å²) in [7, 11) is 1.75. The Morgan fingerprint density at radius 2 is 1.93 bits per heavy atom. The highest BCUT2D eigenvalue weighted by molar-refractivity contribution is 5.94. The van der Waals surface area contributed by atoms with E-state index in [0.29, 0.717) is 12.1 Å². The van der Waals surface area contributed by atoms with E-state index in [1.165, 1.54) is 0 Å². The average Bonchev–Trinajstić information content (AvgIpc) is 2.71. The van der Waals surface area contributed by atoms with Crippen molar-refractivity contribution in [3.05, 3.63) is 65.5 Å². The Bertz CT molecular complexity index is 728. The van der Waals surface area contributed by atoms with E-state index in [2.05, 4.69) is 32.9 Å². The van der Waals surface area contributed by atoms with Crippen LogP contribution in [0.1, 0.15) is 41.9 Å². The molecule has 0 saturated heterocycles. The number of carbonyl (C=O) groups is 1. The van der Waals surface area contributed by atoms with Gasteiger partial charge in [0, 0.05) is 50.1 Å². The zero-order chi connectivity index (χ0) is 19.5. The molecule has 1 aromatic carbocycles. The summed E-state index contributed by atoms with van der Waals surface area (Å²) in [6, 6.07) is 13.7. The van der Waals surface area contributed by atoms with Gasteiger partial charge >= 0.3 is 0 Å². The van der Waals surface area contributed by atoms with Crippen molar-refractivity contribution < 1.29 is 4.79 Å². The molecular weight excluding hydrogens is 338 g/mol. The summed E-state index contributed by atoms with van der Waals surface area (Å²) in [6.07, 6.45) is 3.55. The van der Waals surface area contributed by atoms with Crippen LogP contribution in [0.5, 0.6) is 0 Å². The van der Waals surface area contributed by atoms with Crippen LogP contribution >= 0.6 is 0 Å². The van der Waals surface area contributed by atoms with Gasteiger partial charge in [-0.1, -0.05) is 25.1 Å². The third kappa shape index (κ3) is 7.09. The highest BCUT2D eigenvalue weighted by Gasteiger charge is 2.08. The smallest absolute Gasteiger partial charge is 0.251 e. The molecule has 6 nitrogen and oxygen atoms in total. The maximum absolute atomic E-state index is 12.1. The Morgan fingerprint density at radius 3 is 2.56 bits per heavy atom. The van der Waals surface area contributed by atoms with Crippen LogP contribution in [0.15, 0.2) is 53.7 Å². The molecule has 0 spiro atoms. The first kappa shape index (κ1) is 20.4. The van der Waals surface area contributed by atoms with Crippen LogP contribution in [0.3, 0.4) is 0 Å². The van der Waals surface area contributed by atoms with E-state index in [1.54, 1.807) is 13.2 Å². The molecule has 1 heterocycles. The van der Waals surface area contributed by atoms with E-state index in [4.69, 9.17) is 0 Å². The number of aliphatic imine (C=N–C) groups is 1. The Balaban J connectivity index is 1.78. The number of nitrogens with zero attached hydrogens (tertiary/aromatic N) is 2. The normalized spacial score (nSPS) is 12.3. The summed E-state index contributed by atoms with van der Waals surface area (Å²) in [5.74, 6) is 0.709. The number of pyridine rings is 1. The molecule has 144 valence electrons. The molecule has 0 bridgehead atoms. The van der Waals surface area contributed by atoms with E-state index in [-0.39, 0.29) is 11.9 Å². The Hall–Kier alpha value is -2.89. The predicted molar refractivity (Wildman–Crippen MR) is 110 cm³/mol. The van der Waals surface area contributed by atoms with Gasteiger partial charge in [0.15, 0.2) is 5.96 Å². The standard InChI is InChI=1S/C21H29N5O/c1-4-16(2)26-20(27)18-10-8-17(9-11-18)15-25-21(22-3)24-14-12-19-7-5-6-13-23-19/h5-11,13,16H,4,12,14-15H2,1-3H3,(H,26,27)(H2,22,24,25). The molecule has 2 rings (SSSR count). The third-order valence-corrected chi connectivity index (χ3v) is 4.29. The molecule has 0 radical (unpaired) electrons. The summed E-state index contributed by atoms with van der Waals surface area (Å²) in [5.41, 5.74) is 2.81. The summed E-state index contributed by atoms with van der Waals surface area (Å²) in [5, 5.41) is 9.53. The molecular formula is C21H29N5O. The molecule has 0 aliphatic heterocycles. The first-order chi connectivity index (χ1) is 13.1. The van der Waals surface area contributed by atoms with Crippen LogP contribution in [-0.4, -0.2) is 36.5 Å². The minimum Gasteiger partial charge on any atom is -0.356 e. The van der Waals surface area contributed by atoms with Crippen LogP contribution in [0.4, 0.5) is 0 Å². The average molecular weight is 367 g/mol. The van der Waals surface area contributed by atoms with E-state index in [0.717, 1.165) is 36.6 Å². The van der Waals surface area contributed by atoms with Crippen molar-refractivity contribution in [3.8, 4) is 0 Å². The molecule has 0 aliphatic carbocycles. The molecule has 0 aliphatic rings. The summed E-state index contributed by atoms with van der Waals surface area (Å²) < 4.78 is 0. The van der Waals surface area contributed by atoms with Gasteiger partial charge in [-0.25, -0.2) is 0 Å². The number of hydrogen-bond donors (Lipinski definition) is 3. The maximum atomic E-state index is 12.1. The SMILES string of the molecule is CCC(C)NC(=O)c1ccc(CNC(=NC)NCCc2ccccn2)cc1. The van der Waals surface area contributed by atoms with Crippen molar-refractivity contribution in [1.82, 2.24) is 20.9 Å². The van der Waals surface area contributed by atoms with Gasteiger partial charge in [-0.15, -0.1) is 0 Å². The van der Waals surface area contributed by atoms with Crippen molar-refractivity contribution in [2.45, 2.75) is 39.3 Å². The topological polar surface area (TPSA) is 78.4 Å². The second-order valence-electron chi connectivity index (χ2n) is 6.40. The number of aromatic nitrogens is 1. The highest BCUT2D eigenvalue weighted by atomic mass is 16.1. The lowest BCUT2D eigenvalue weighted by Crippen LogP contribution is -2.38. The minimum atomic E-state index is -0.0316. The number of hydrogen-bond acceptors (Lipinski definition) is 3. The first-order valence-electron chi connectivity index (χ1n) is 9.36. The van der Waals surface area contributed by atoms with E-state index >= 15 is 0 Å². The van der Waals surface area contributed by atoms with Crippen LogP contribution in [-0.2, 0) is 13.0 Å². The lowest BCUT2D eigenvalue weighted by atomic mass is 10.1. The van der Waals surface area contributed by atoms with E-state index in [1.807, 2.05) is 49.4 Å². The number of guanidine groups is 1. The van der Waals surface area contributed by atoms with Gasteiger partial charge in [-0.05, 0) is 43.2 Å². The number of rotatable bonds is 8. The molecule has 6 heteroatoms. The summed E-state index contributed by atoms with van der Waals surface area (Å²) in [6.45, 7) is 5.45. The minimum absolute atomic E-state index is 0.0316. The van der Waals surface area contributed by atoms with E-state index in [9.17, 15) is 4.79 Å². The van der Waals surface area contributed by atoms with Gasteiger partial charge in [-0.3, -0.25) is 14.8 Å². The van der Waals surface area contributed by atoms with Gasteiger partial charge < -0.3 is 16.0 Å². The van der Waals surface area contributed by atoms with Crippen LogP contribution in [0.25, 0.3) is 0 Å². The lowest BCUT2D eigenvalue weighted by Gasteiger charge is -2.13. The molecule has 1 amide bonds. The van der Waals surface area contributed by atoms with Crippen molar-refractivity contribution >= 4 is 11.9 Å². The maximum Gasteiger partial charge on any atom is 0.251 e. The fourth-order valence-electron chi connectivity index (χ4n) is 2.44. The molecule has 1 atom stereocenters.